The van der Waals surface area contributed by atoms with E-state index >= 15 is 0 Å². The van der Waals surface area contributed by atoms with Crippen LogP contribution in [-0.4, -0.2) is 25.7 Å². The van der Waals surface area contributed by atoms with Gasteiger partial charge in [-0.25, -0.2) is 9.50 Å². The Kier molecular flexibility index (Phi) is 2.68. The molecule has 0 fully saturated rings. The summed E-state index contributed by atoms with van der Waals surface area (Å²) < 4.78 is 1.31. The number of carbonyl (C=O) groups is 1. The fraction of sp³-hybridized carbons (Fsp3) is 0.0833. The molecule has 0 saturated heterocycles. The van der Waals surface area contributed by atoms with E-state index in [-0.39, 0.29) is 17.7 Å². The van der Waals surface area contributed by atoms with Crippen molar-refractivity contribution >= 4 is 23.0 Å². The fourth-order valence-corrected chi connectivity index (χ4v) is 2.54. The van der Waals surface area contributed by atoms with Gasteiger partial charge in [-0.15, -0.1) is 11.3 Å². The highest BCUT2D eigenvalue weighted by Crippen LogP contribution is 2.23. The molecule has 6 nitrogen and oxygen atoms in total. The summed E-state index contributed by atoms with van der Waals surface area (Å²) in [6, 6.07) is 6.81. The minimum absolute atomic E-state index is 0.259. The van der Waals surface area contributed by atoms with Crippen LogP contribution in [0.3, 0.4) is 0 Å². The molecule has 0 spiro atoms. The standard InChI is InChI=1S/C12H9N3O3S/c16-11-4-7(5-12(17)18)13-10-6-8(14-15(10)11)9-2-1-3-19-9/h1-4,6,14H,5H2,(H,17,18). The van der Waals surface area contributed by atoms with Crippen LogP contribution in [0, 0.1) is 0 Å². The molecule has 0 saturated carbocycles. The van der Waals surface area contributed by atoms with E-state index in [1.807, 2.05) is 17.5 Å². The number of nitrogens with one attached hydrogen (secondary N) is 1. The summed E-state index contributed by atoms with van der Waals surface area (Å²) in [7, 11) is 0. The van der Waals surface area contributed by atoms with Gasteiger partial charge in [0.25, 0.3) is 5.56 Å². The van der Waals surface area contributed by atoms with Gasteiger partial charge in [0.1, 0.15) is 0 Å². The number of nitrogens with zero attached hydrogens (tertiary/aromatic N) is 2. The second kappa shape index (κ2) is 4.36. The maximum Gasteiger partial charge on any atom is 0.309 e. The molecule has 3 heterocycles. The lowest BCUT2D eigenvalue weighted by Crippen LogP contribution is -2.16. The van der Waals surface area contributed by atoms with Gasteiger partial charge in [-0.1, -0.05) is 6.07 Å². The van der Waals surface area contributed by atoms with Crippen molar-refractivity contribution in [2.75, 3.05) is 0 Å². The minimum Gasteiger partial charge on any atom is -0.481 e. The fourth-order valence-electron chi connectivity index (χ4n) is 1.84. The van der Waals surface area contributed by atoms with E-state index in [1.165, 1.54) is 10.6 Å². The van der Waals surface area contributed by atoms with E-state index in [9.17, 15) is 9.59 Å². The van der Waals surface area contributed by atoms with Crippen molar-refractivity contribution in [3.63, 3.8) is 0 Å². The Hall–Kier alpha value is -2.41. The number of aromatic amines is 1. The number of thiophene rings is 1. The van der Waals surface area contributed by atoms with Crippen LogP contribution < -0.4 is 5.56 Å². The number of carboxylic acid groups (broad SMARTS) is 1. The second-order valence-electron chi connectivity index (χ2n) is 4.00. The summed E-state index contributed by atoms with van der Waals surface area (Å²) in [6.07, 6.45) is -0.259. The van der Waals surface area contributed by atoms with Crippen molar-refractivity contribution in [2.24, 2.45) is 0 Å². The van der Waals surface area contributed by atoms with Crippen LogP contribution >= 0.6 is 11.3 Å². The van der Waals surface area contributed by atoms with Crippen LogP contribution in [0.1, 0.15) is 5.69 Å². The molecule has 0 amide bonds. The average molecular weight is 275 g/mol. The molecule has 0 unspecified atom stereocenters. The van der Waals surface area contributed by atoms with Gasteiger partial charge < -0.3 is 5.11 Å². The summed E-state index contributed by atoms with van der Waals surface area (Å²) in [5.41, 5.74) is 1.15. The predicted molar refractivity (Wildman–Crippen MR) is 70.5 cm³/mol. The lowest BCUT2D eigenvalue weighted by atomic mass is 10.3. The third kappa shape index (κ3) is 2.15. The van der Waals surface area contributed by atoms with E-state index in [0.717, 1.165) is 10.6 Å². The molecule has 0 aliphatic rings. The van der Waals surface area contributed by atoms with Gasteiger partial charge in [-0.05, 0) is 11.4 Å². The highest BCUT2D eigenvalue weighted by Gasteiger charge is 2.10. The second-order valence-corrected chi connectivity index (χ2v) is 4.94. The van der Waals surface area contributed by atoms with Crippen LogP contribution in [0.15, 0.2) is 34.4 Å². The number of carboxylic acids is 1. The van der Waals surface area contributed by atoms with Gasteiger partial charge in [0.2, 0.25) is 0 Å². The maximum absolute atomic E-state index is 11.9. The van der Waals surface area contributed by atoms with Crippen molar-refractivity contribution in [1.29, 1.82) is 0 Å². The first kappa shape index (κ1) is 11.7. The van der Waals surface area contributed by atoms with Gasteiger partial charge in [0.15, 0.2) is 5.65 Å². The van der Waals surface area contributed by atoms with E-state index < -0.39 is 5.97 Å². The number of H-pyrrole nitrogens is 1. The molecule has 0 bridgehead atoms. The van der Waals surface area contributed by atoms with Gasteiger partial charge in [-0.3, -0.25) is 14.7 Å². The van der Waals surface area contributed by atoms with Crippen molar-refractivity contribution in [1.82, 2.24) is 14.6 Å². The largest absolute Gasteiger partial charge is 0.481 e. The molecule has 7 heteroatoms. The van der Waals surface area contributed by atoms with Crippen LogP contribution in [0.5, 0.6) is 0 Å². The van der Waals surface area contributed by atoms with E-state index in [4.69, 9.17) is 5.11 Å². The normalized spacial score (nSPS) is 10.9. The number of hydrogen-bond acceptors (Lipinski definition) is 4. The zero-order valence-electron chi connectivity index (χ0n) is 9.66. The Bertz CT molecular complexity index is 801. The van der Waals surface area contributed by atoms with E-state index in [1.54, 1.807) is 17.4 Å². The van der Waals surface area contributed by atoms with Crippen molar-refractivity contribution in [2.45, 2.75) is 6.42 Å². The highest BCUT2D eigenvalue weighted by atomic mass is 32.1. The third-order valence-corrected chi connectivity index (χ3v) is 3.53. The number of fused-ring (bicyclic) bond motifs is 1. The highest BCUT2D eigenvalue weighted by molar-refractivity contribution is 7.13. The summed E-state index contributed by atoms with van der Waals surface area (Å²) >= 11 is 1.54. The molecule has 96 valence electrons. The first-order chi connectivity index (χ1) is 9.13. The number of hydrogen-bond donors (Lipinski definition) is 2. The monoisotopic (exact) mass is 275 g/mol. The summed E-state index contributed by atoms with van der Waals surface area (Å²) in [4.78, 5) is 27.7. The van der Waals surface area contributed by atoms with Crippen LogP contribution in [0.25, 0.3) is 16.2 Å². The molecule has 0 aromatic carbocycles. The summed E-state index contributed by atoms with van der Waals surface area (Å²) in [5.74, 6) is -1.01. The molecule has 19 heavy (non-hydrogen) atoms. The van der Waals surface area contributed by atoms with E-state index in [0.29, 0.717) is 5.65 Å². The Labute approximate surface area is 111 Å². The first-order valence-corrected chi connectivity index (χ1v) is 6.39. The van der Waals surface area contributed by atoms with Gasteiger partial charge in [0.05, 0.1) is 22.7 Å². The Balaban J connectivity index is 2.15. The molecule has 0 radical (unpaired) electrons. The number of rotatable bonds is 3. The third-order valence-electron chi connectivity index (χ3n) is 2.62. The molecule has 0 aliphatic heterocycles. The lowest BCUT2D eigenvalue weighted by molar-refractivity contribution is -0.136. The Morgan fingerprint density at radius 2 is 2.32 bits per heavy atom. The van der Waals surface area contributed by atoms with Crippen LogP contribution in [-0.2, 0) is 11.2 Å². The SMILES string of the molecule is O=C(O)Cc1cc(=O)n2[nH]c(-c3cccs3)cc2n1. The van der Waals surface area contributed by atoms with Gasteiger partial charge >= 0.3 is 5.97 Å². The molecule has 3 rings (SSSR count). The number of aromatic nitrogens is 3. The predicted octanol–water partition coefficient (Wildman–Crippen LogP) is 1.38. The maximum atomic E-state index is 11.9. The molecular formula is C12H9N3O3S. The van der Waals surface area contributed by atoms with E-state index in [2.05, 4.69) is 10.1 Å². The molecule has 0 aliphatic carbocycles. The minimum atomic E-state index is -1.01. The molecular weight excluding hydrogens is 266 g/mol. The smallest absolute Gasteiger partial charge is 0.309 e. The molecule has 3 aromatic rings. The van der Waals surface area contributed by atoms with Gasteiger partial charge in [0, 0.05) is 12.1 Å². The quantitative estimate of drug-likeness (QED) is 0.756. The topological polar surface area (TPSA) is 87.5 Å². The average Bonchev–Trinajstić information content (AvgIpc) is 2.95. The molecule has 3 aromatic heterocycles. The number of aliphatic carboxylic acids is 1. The molecule has 0 atom stereocenters. The molecule has 2 N–H and O–H groups in total. The van der Waals surface area contributed by atoms with Gasteiger partial charge in [-0.2, -0.15) is 0 Å². The van der Waals surface area contributed by atoms with Crippen molar-refractivity contribution in [3.8, 4) is 10.6 Å². The van der Waals surface area contributed by atoms with Crippen LogP contribution in [0.4, 0.5) is 0 Å². The Morgan fingerprint density at radius 3 is 3.00 bits per heavy atom. The zero-order chi connectivity index (χ0) is 13.4. The van der Waals surface area contributed by atoms with Crippen molar-refractivity contribution in [3.05, 3.63) is 45.7 Å². The Morgan fingerprint density at radius 1 is 1.47 bits per heavy atom. The lowest BCUT2D eigenvalue weighted by Gasteiger charge is -1.96. The zero-order valence-corrected chi connectivity index (χ0v) is 10.5. The summed E-state index contributed by atoms with van der Waals surface area (Å²) in [5, 5.41) is 13.6. The van der Waals surface area contributed by atoms with Crippen molar-refractivity contribution < 1.29 is 9.90 Å². The summed E-state index contributed by atoms with van der Waals surface area (Å²) in [6.45, 7) is 0. The first-order valence-electron chi connectivity index (χ1n) is 5.51. The van der Waals surface area contributed by atoms with Crippen LogP contribution in [0.2, 0.25) is 0 Å².